The quantitative estimate of drug-likeness (QED) is 0.420. The number of benzene rings is 1. The summed E-state index contributed by atoms with van der Waals surface area (Å²) in [5.41, 5.74) is 1.03. The zero-order valence-corrected chi connectivity index (χ0v) is 13.5. The Morgan fingerprint density at radius 2 is 1.57 bits per heavy atom. The first kappa shape index (κ1) is 12.4. The number of rotatable bonds is 1. The Morgan fingerprint density at radius 3 is 2.10 bits per heavy atom. The SMILES string of the molecule is O=C1[C@@H]2[C@H](C(=O)N1c1ccccc1I)[C@H]1C=C[C@@H]2C12CC2. The van der Waals surface area contributed by atoms with Gasteiger partial charge < -0.3 is 0 Å². The lowest BCUT2D eigenvalue weighted by atomic mass is 9.85. The first-order valence-corrected chi connectivity index (χ1v) is 8.54. The minimum Gasteiger partial charge on any atom is -0.274 e. The lowest BCUT2D eigenvalue weighted by Gasteiger charge is -2.22. The molecule has 4 aliphatic rings. The number of halogens is 1. The normalized spacial score (nSPS) is 37.7. The average Bonchev–Trinajstić information content (AvgIpc) is 3.07. The van der Waals surface area contributed by atoms with Crippen molar-refractivity contribution in [3.63, 3.8) is 0 Å². The van der Waals surface area contributed by atoms with Crippen molar-refractivity contribution in [2.75, 3.05) is 4.90 Å². The van der Waals surface area contributed by atoms with Crippen molar-refractivity contribution in [3.05, 3.63) is 40.0 Å². The molecule has 0 radical (unpaired) electrons. The van der Waals surface area contributed by atoms with Gasteiger partial charge in [-0.3, -0.25) is 9.59 Å². The summed E-state index contributed by atoms with van der Waals surface area (Å²) in [6.07, 6.45) is 6.80. The topological polar surface area (TPSA) is 37.4 Å². The average molecular weight is 391 g/mol. The monoisotopic (exact) mass is 391 g/mol. The number of para-hydroxylation sites is 1. The van der Waals surface area contributed by atoms with Crippen LogP contribution in [-0.2, 0) is 9.59 Å². The second-order valence-electron chi connectivity index (χ2n) is 6.68. The van der Waals surface area contributed by atoms with Gasteiger partial charge in [-0.25, -0.2) is 4.90 Å². The third-order valence-corrected chi connectivity index (χ3v) is 6.86. The number of carbonyl (C=O) groups is 2. The molecule has 3 aliphatic carbocycles. The number of amides is 2. The van der Waals surface area contributed by atoms with Gasteiger partial charge in [-0.1, -0.05) is 24.3 Å². The maximum Gasteiger partial charge on any atom is 0.238 e. The molecule has 21 heavy (non-hydrogen) atoms. The third kappa shape index (κ3) is 1.31. The number of imide groups is 1. The molecule has 1 aromatic carbocycles. The Balaban J connectivity index is 1.61. The predicted octanol–water partition coefficient (Wildman–Crippen LogP) is 2.99. The Morgan fingerprint density at radius 1 is 1.00 bits per heavy atom. The van der Waals surface area contributed by atoms with E-state index in [-0.39, 0.29) is 29.1 Å². The highest BCUT2D eigenvalue weighted by Gasteiger charge is 2.73. The van der Waals surface area contributed by atoms with E-state index < -0.39 is 0 Å². The van der Waals surface area contributed by atoms with Gasteiger partial charge in [-0.05, 0) is 64.8 Å². The van der Waals surface area contributed by atoms with Gasteiger partial charge in [0, 0.05) is 3.57 Å². The Kier molecular flexibility index (Phi) is 2.22. The smallest absolute Gasteiger partial charge is 0.238 e. The van der Waals surface area contributed by atoms with Gasteiger partial charge in [0.1, 0.15) is 0 Å². The first-order valence-electron chi connectivity index (χ1n) is 7.46. The molecule has 4 heteroatoms. The maximum absolute atomic E-state index is 12.9. The highest BCUT2D eigenvalue weighted by Crippen LogP contribution is 2.73. The molecule has 3 fully saturated rings. The molecular formula is C17H14INO2. The zero-order valence-electron chi connectivity index (χ0n) is 11.3. The minimum atomic E-state index is -0.106. The fourth-order valence-electron chi connectivity index (χ4n) is 4.95. The van der Waals surface area contributed by atoms with Gasteiger partial charge in [0.2, 0.25) is 11.8 Å². The van der Waals surface area contributed by atoms with Gasteiger partial charge in [-0.2, -0.15) is 0 Å². The number of nitrogens with zero attached hydrogens (tertiary/aromatic N) is 1. The highest BCUT2D eigenvalue weighted by atomic mass is 127. The van der Waals surface area contributed by atoms with Gasteiger partial charge in [0.05, 0.1) is 17.5 Å². The summed E-state index contributed by atoms with van der Waals surface area (Å²) in [6.45, 7) is 0. The Hall–Kier alpha value is -1.17. The van der Waals surface area contributed by atoms with Crippen molar-refractivity contribution in [3.8, 4) is 0 Å². The van der Waals surface area contributed by atoms with E-state index in [2.05, 4.69) is 34.7 Å². The summed E-state index contributed by atoms with van der Waals surface area (Å²) in [5, 5.41) is 0. The second-order valence-corrected chi connectivity index (χ2v) is 7.85. The number of fused-ring (bicyclic) bond motifs is 3. The molecule has 5 rings (SSSR count). The molecule has 0 N–H and O–H groups in total. The molecule has 1 aliphatic heterocycles. The lowest BCUT2D eigenvalue weighted by molar-refractivity contribution is -0.123. The van der Waals surface area contributed by atoms with Gasteiger partial charge in [-0.15, -0.1) is 0 Å². The lowest BCUT2D eigenvalue weighted by Crippen LogP contribution is -2.35. The second kappa shape index (κ2) is 3.77. The molecule has 3 nitrogen and oxygen atoms in total. The molecule has 1 heterocycles. The van der Waals surface area contributed by atoms with Crippen LogP contribution in [0, 0.1) is 32.7 Å². The van der Waals surface area contributed by atoms with Crippen LogP contribution in [0.2, 0.25) is 0 Å². The van der Waals surface area contributed by atoms with Crippen LogP contribution < -0.4 is 4.90 Å². The van der Waals surface area contributed by atoms with Gasteiger partial charge in [0.25, 0.3) is 0 Å². The van der Waals surface area contributed by atoms with Crippen LogP contribution in [0.3, 0.4) is 0 Å². The van der Waals surface area contributed by atoms with E-state index in [1.54, 1.807) is 0 Å². The molecule has 0 aromatic heterocycles. The van der Waals surface area contributed by atoms with Gasteiger partial charge in [0.15, 0.2) is 0 Å². The van der Waals surface area contributed by atoms with Crippen molar-refractivity contribution in [1.82, 2.24) is 0 Å². The largest absolute Gasteiger partial charge is 0.274 e. The summed E-state index contributed by atoms with van der Waals surface area (Å²) in [6, 6.07) is 7.64. The molecule has 4 atom stereocenters. The van der Waals surface area contributed by atoms with Gasteiger partial charge >= 0.3 is 0 Å². The van der Waals surface area contributed by atoms with E-state index in [1.807, 2.05) is 24.3 Å². The van der Waals surface area contributed by atoms with Crippen molar-refractivity contribution in [2.45, 2.75) is 12.8 Å². The Labute approximate surface area is 136 Å². The molecule has 2 saturated carbocycles. The molecule has 2 amide bonds. The molecule has 0 unspecified atom stereocenters. The summed E-state index contributed by atoms with van der Waals surface area (Å²) >= 11 is 2.20. The van der Waals surface area contributed by atoms with Crippen molar-refractivity contribution in [2.24, 2.45) is 29.1 Å². The highest BCUT2D eigenvalue weighted by molar-refractivity contribution is 14.1. The van der Waals surface area contributed by atoms with Crippen molar-refractivity contribution in [1.29, 1.82) is 0 Å². The fraction of sp³-hybridized carbons (Fsp3) is 0.412. The van der Waals surface area contributed by atoms with Crippen molar-refractivity contribution < 1.29 is 9.59 Å². The number of allylic oxidation sites excluding steroid dienone is 2. The van der Waals surface area contributed by atoms with E-state index in [0.717, 1.165) is 9.26 Å². The Bertz CT molecular complexity index is 687. The van der Waals surface area contributed by atoms with E-state index in [9.17, 15) is 9.59 Å². The minimum absolute atomic E-state index is 0.0252. The number of hydrogen-bond acceptors (Lipinski definition) is 2. The fourth-order valence-corrected chi connectivity index (χ4v) is 5.58. The summed E-state index contributed by atoms with van der Waals surface area (Å²) in [7, 11) is 0. The van der Waals surface area contributed by atoms with Crippen LogP contribution in [0.1, 0.15) is 12.8 Å². The third-order valence-electron chi connectivity index (χ3n) is 5.95. The summed E-state index contributed by atoms with van der Waals surface area (Å²) in [4.78, 5) is 27.3. The van der Waals surface area contributed by atoms with E-state index in [0.29, 0.717) is 11.8 Å². The molecule has 106 valence electrons. The first-order chi connectivity index (χ1) is 10.1. The summed E-state index contributed by atoms with van der Waals surface area (Å²) in [5.74, 6) is 0.442. The van der Waals surface area contributed by atoms with Crippen LogP contribution in [0.25, 0.3) is 0 Å². The number of carbonyl (C=O) groups excluding carboxylic acids is 2. The van der Waals surface area contributed by atoms with Crippen LogP contribution in [0.4, 0.5) is 5.69 Å². The summed E-state index contributed by atoms with van der Waals surface area (Å²) < 4.78 is 0.957. The van der Waals surface area contributed by atoms with E-state index in [1.165, 1.54) is 17.7 Å². The zero-order chi connectivity index (χ0) is 14.4. The molecule has 1 saturated heterocycles. The molecule has 1 aromatic rings. The van der Waals surface area contributed by atoms with Crippen LogP contribution >= 0.6 is 22.6 Å². The van der Waals surface area contributed by atoms with Crippen molar-refractivity contribution >= 4 is 40.1 Å². The number of hydrogen-bond donors (Lipinski definition) is 0. The standard InChI is InChI=1S/C17H14INO2/c18-11-3-1-2-4-12(11)19-15(20)13-9-5-6-10(14(13)16(19)21)17(9)7-8-17/h1-6,9-10,13-14H,7-8H2/t9-,10+,13-,14+. The van der Waals surface area contributed by atoms with E-state index in [4.69, 9.17) is 0 Å². The molecule has 2 bridgehead atoms. The maximum atomic E-state index is 12.9. The van der Waals surface area contributed by atoms with Crippen LogP contribution in [-0.4, -0.2) is 11.8 Å². The molecular weight excluding hydrogens is 377 g/mol. The predicted molar refractivity (Wildman–Crippen MR) is 86.4 cm³/mol. The van der Waals surface area contributed by atoms with Crippen LogP contribution in [0.5, 0.6) is 0 Å². The van der Waals surface area contributed by atoms with E-state index >= 15 is 0 Å². The van der Waals surface area contributed by atoms with Crippen LogP contribution in [0.15, 0.2) is 36.4 Å². The molecule has 1 spiro atoms. The number of anilines is 1.